The molecular formula is C22H21N7O3. The number of urea groups is 1. The fraction of sp³-hybridized carbons (Fsp3) is 0.136. The van der Waals surface area contributed by atoms with Gasteiger partial charge in [-0.05, 0) is 55.0 Å². The Morgan fingerprint density at radius 2 is 1.94 bits per heavy atom. The van der Waals surface area contributed by atoms with Crippen molar-refractivity contribution in [3.05, 3.63) is 84.6 Å². The van der Waals surface area contributed by atoms with Crippen LogP contribution >= 0.6 is 0 Å². The normalized spacial score (nSPS) is 10.5. The predicted octanol–water partition coefficient (Wildman–Crippen LogP) is 2.95. The molecule has 10 heteroatoms. The summed E-state index contributed by atoms with van der Waals surface area (Å²) in [4.78, 5) is 28.5. The van der Waals surface area contributed by atoms with Gasteiger partial charge < -0.3 is 15.4 Å². The quantitative estimate of drug-likeness (QED) is 0.435. The first-order chi connectivity index (χ1) is 15.6. The molecule has 0 spiro atoms. The van der Waals surface area contributed by atoms with Crippen LogP contribution < -0.4 is 10.6 Å². The maximum Gasteiger partial charge on any atom is 0.358 e. The van der Waals surface area contributed by atoms with E-state index in [-0.39, 0.29) is 18.3 Å². The highest BCUT2D eigenvalue weighted by molar-refractivity contribution is 5.89. The number of esters is 1. The van der Waals surface area contributed by atoms with Crippen molar-refractivity contribution in [2.75, 3.05) is 11.9 Å². The first-order valence-corrected chi connectivity index (χ1v) is 9.95. The number of carbonyl (C=O) groups is 2. The van der Waals surface area contributed by atoms with Crippen LogP contribution in [0.25, 0.3) is 11.5 Å². The summed E-state index contributed by atoms with van der Waals surface area (Å²) in [6.07, 6.45) is 6.81. The first kappa shape index (κ1) is 20.8. The molecule has 0 unspecified atom stereocenters. The molecule has 0 atom stereocenters. The topological polar surface area (TPSA) is 116 Å². The summed E-state index contributed by atoms with van der Waals surface area (Å²) in [5.41, 5.74) is 2.38. The SMILES string of the molecule is CCOC(=O)c1ccn(-c2cccc(NC(=O)NCc3ccnc(-n4cccn4)c3)c2)n1. The van der Waals surface area contributed by atoms with Crippen molar-refractivity contribution >= 4 is 17.7 Å². The van der Waals surface area contributed by atoms with E-state index in [0.29, 0.717) is 23.7 Å². The van der Waals surface area contributed by atoms with Crippen LogP contribution in [0.1, 0.15) is 23.0 Å². The van der Waals surface area contributed by atoms with E-state index in [1.165, 1.54) is 0 Å². The van der Waals surface area contributed by atoms with Gasteiger partial charge in [0.05, 0.1) is 12.3 Å². The summed E-state index contributed by atoms with van der Waals surface area (Å²) in [5.74, 6) is 0.190. The molecule has 2 N–H and O–H groups in total. The molecule has 1 aromatic carbocycles. The van der Waals surface area contributed by atoms with Crippen molar-refractivity contribution < 1.29 is 14.3 Å². The van der Waals surface area contributed by atoms with Gasteiger partial charge in [-0.2, -0.15) is 10.2 Å². The largest absolute Gasteiger partial charge is 0.461 e. The minimum absolute atomic E-state index is 0.217. The van der Waals surface area contributed by atoms with Crippen LogP contribution in [0.3, 0.4) is 0 Å². The molecule has 0 aliphatic carbocycles. The number of benzene rings is 1. The average molecular weight is 431 g/mol. The zero-order chi connectivity index (χ0) is 22.3. The highest BCUT2D eigenvalue weighted by Crippen LogP contribution is 2.15. The van der Waals surface area contributed by atoms with E-state index in [1.54, 1.807) is 65.3 Å². The summed E-state index contributed by atoms with van der Waals surface area (Å²) in [5, 5.41) is 14.0. The van der Waals surface area contributed by atoms with Gasteiger partial charge in [0.1, 0.15) is 0 Å². The molecule has 0 saturated carbocycles. The van der Waals surface area contributed by atoms with E-state index in [2.05, 4.69) is 25.8 Å². The minimum atomic E-state index is -0.480. The van der Waals surface area contributed by atoms with Crippen LogP contribution in [0, 0.1) is 0 Å². The number of rotatable bonds is 7. The van der Waals surface area contributed by atoms with Crippen LogP contribution in [0.5, 0.6) is 0 Å². The van der Waals surface area contributed by atoms with Crippen molar-refractivity contribution in [3.63, 3.8) is 0 Å². The maximum absolute atomic E-state index is 12.4. The number of aromatic nitrogens is 5. The molecule has 0 aliphatic rings. The van der Waals surface area contributed by atoms with Crippen molar-refractivity contribution in [2.45, 2.75) is 13.5 Å². The van der Waals surface area contributed by atoms with Gasteiger partial charge in [0.2, 0.25) is 0 Å². The number of ether oxygens (including phenoxy) is 1. The number of nitrogens with zero attached hydrogens (tertiary/aromatic N) is 5. The lowest BCUT2D eigenvalue weighted by atomic mass is 10.2. The Bertz CT molecular complexity index is 1220. The minimum Gasteiger partial charge on any atom is -0.461 e. The van der Waals surface area contributed by atoms with Gasteiger partial charge in [-0.15, -0.1) is 0 Å². The average Bonchev–Trinajstić information content (AvgIpc) is 3.51. The van der Waals surface area contributed by atoms with Gasteiger partial charge in [-0.25, -0.2) is 23.9 Å². The second-order valence-corrected chi connectivity index (χ2v) is 6.70. The third kappa shape index (κ3) is 4.98. The smallest absolute Gasteiger partial charge is 0.358 e. The zero-order valence-corrected chi connectivity index (χ0v) is 17.3. The van der Waals surface area contributed by atoms with Gasteiger partial charge in [-0.1, -0.05) is 6.07 Å². The van der Waals surface area contributed by atoms with Crippen LogP contribution in [0.4, 0.5) is 10.5 Å². The number of pyridine rings is 1. The Balaban J connectivity index is 1.37. The van der Waals surface area contributed by atoms with E-state index in [4.69, 9.17) is 4.74 Å². The van der Waals surface area contributed by atoms with E-state index in [0.717, 1.165) is 5.56 Å². The predicted molar refractivity (Wildman–Crippen MR) is 117 cm³/mol. The molecule has 4 rings (SSSR count). The maximum atomic E-state index is 12.4. The number of hydrogen-bond donors (Lipinski definition) is 2. The monoisotopic (exact) mass is 431 g/mol. The number of nitrogens with one attached hydrogen (secondary N) is 2. The Hall–Kier alpha value is -4.47. The van der Waals surface area contributed by atoms with Crippen molar-refractivity contribution in [2.24, 2.45) is 0 Å². The molecule has 2 amide bonds. The fourth-order valence-electron chi connectivity index (χ4n) is 2.97. The molecule has 10 nitrogen and oxygen atoms in total. The molecule has 32 heavy (non-hydrogen) atoms. The lowest BCUT2D eigenvalue weighted by Gasteiger charge is -2.10. The molecule has 162 valence electrons. The van der Waals surface area contributed by atoms with E-state index >= 15 is 0 Å². The lowest BCUT2D eigenvalue weighted by molar-refractivity contribution is 0.0519. The van der Waals surface area contributed by atoms with Gasteiger partial charge in [0, 0.05) is 37.0 Å². The van der Waals surface area contributed by atoms with Gasteiger partial charge in [0.25, 0.3) is 0 Å². The van der Waals surface area contributed by atoms with Crippen LogP contribution in [-0.2, 0) is 11.3 Å². The molecule has 0 radical (unpaired) electrons. The molecule has 3 aromatic heterocycles. The number of carbonyl (C=O) groups excluding carboxylic acids is 2. The summed E-state index contributed by atoms with van der Waals surface area (Å²) in [6.45, 7) is 2.34. The summed E-state index contributed by atoms with van der Waals surface area (Å²) in [7, 11) is 0. The highest BCUT2D eigenvalue weighted by atomic mass is 16.5. The molecular weight excluding hydrogens is 410 g/mol. The second-order valence-electron chi connectivity index (χ2n) is 6.70. The van der Waals surface area contributed by atoms with Crippen LogP contribution in [-0.4, -0.2) is 43.2 Å². The standard InChI is InChI=1S/C22H21N7O3/c1-2-32-21(30)19-8-12-28(27-19)18-6-3-5-17(14-18)26-22(31)24-15-16-7-10-23-20(13-16)29-11-4-9-25-29/h3-14H,2,15H2,1H3,(H2,24,26,31). The number of anilines is 1. The lowest BCUT2D eigenvalue weighted by Crippen LogP contribution is -2.28. The van der Waals surface area contributed by atoms with Gasteiger partial charge >= 0.3 is 12.0 Å². The number of amides is 2. The summed E-state index contributed by atoms with van der Waals surface area (Å²) in [6, 6.07) is 13.8. The number of hydrogen-bond acceptors (Lipinski definition) is 6. The fourth-order valence-corrected chi connectivity index (χ4v) is 2.97. The molecule has 0 bridgehead atoms. The molecule has 0 saturated heterocycles. The van der Waals surface area contributed by atoms with Crippen LogP contribution in [0.2, 0.25) is 0 Å². The molecule has 4 aromatic rings. The van der Waals surface area contributed by atoms with Gasteiger partial charge in [-0.3, -0.25) is 0 Å². The zero-order valence-electron chi connectivity index (χ0n) is 17.3. The third-order valence-corrected chi connectivity index (χ3v) is 4.44. The summed E-state index contributed by atoms with van der Waals surface area (Å²) < 4.78 is 8.15. The summed E-state index contributed by atoms with van der Waals surface area (Å²) >= 11 is 0. The first-order valence-electron chi connectivity index (χ1n) is 9.95. The highest BCUT2D eigenvalue weighted by Gasteiger charge is 2.11. The van der Waals surface area contributed by atoms with E-state index < -0.39 is 5.97 Å². The van der Waals surface area contributed by atoms with Crippen molar-refractivity contribution in [3.8, 4) is 11.5 Å². The Morgan fingerprint density at radius 3 is 2.75 bits per heavy atom. The molecule has 3 heterocycles. The Kier molecular flexibility index (Phi) is 6.21. The van der Waals surface area contributed by atoms with Crippen molar-refractivity contribution in [1.29, 1.82) is 0 Å². The van der Waals surface area contributed by atoms with E-state index in [9.17, 15) is 9.59 Å². The molecule has 0 aliphatic heterocycles. The van der Waals surface area contributed by atoms with E-state index in [1.807, 2.05) is 24.3 Å². The van der Waals surface area contributed by atoms with Crippen LogP contribution in [0.15, 0.2) is 73.3 Å². The molecule has 0 fully saturated rings. The third-order valence-electron chi connectivity index (χ3n) is 4.44. The van der Waals surface area contributed by atoms with Gasteiger partial charge in [0.15, 0.2) is 11.5 Å². The van der Waals surface area contributed by atoms with Crippen molar-refractivity contribution in [1.82, 2.24) is 29.9 Å². The second kappa shape index (κ2) is 9.56. The Morgan fingerprint density at radius 1 is 1.03 bits per heavy atom. The Labute approximate surface area is 183 Å².